The number of carboxylic acid groups (broad SMARTS) is 1. The normalized spacial score (nSPS) is 13.2. The molecule has 0 saturated heterocycles. The lowest BCUT2D eigenvalue weighted by atomic mass is 10.0. The van der Waals surface area contributed by atoms with Gasteiger partial charge in [0.2, 0.25) is 0 Å². The van der Waals surface area contributed by atoms with Crippen molar-refractivity contribution in [3.8, 4) is 11.5 Å². The lowest BCUT2D eigenvalue weighted by molar-refractivity contribution is 0.0697. The zero-order valence-electron chi connectivity index (χ0n) is 13.5. The van der Waals surface area contributed by atoms with Gasteiger partial charge in [-0.25, -0.2) is 4.79 Å². The third-order valence-corrected chi connectivity index (χ3v) is 3.79. The zero-order chi connectivity index (χ0) is 17.6. The van der Waals surface area contributed by atoms with Crippen molar-refractivity contribution >= 4 is 23.4 Å². The van der Waals surface area contributed by atoms with Gasteiger partial charge in [0.1, 0.15) is 13.2 Å². The first-order valence-corrected chi connectivity index (χ1v) is 7.85. The number of aromatic carboxylic acids is 1. The Morgan fingerprint density at radius 3 is 2.44 bits per heavy atom. The molecule has 1 aliphatic heterocycles. The molecule has 0 unspecified atom stereocenters. The monoisotopic (exact) mass is 338 g/mol. The summed E-state index contributed by atoms with van der Waals surface area (Å²) in [6.45, 7) is 1.62. The minimum Gasteiger partial charge on any atom is -0.486 e. The Morgan fingerprint density at radius 1 is 1.08 bits per heavy atom. The number of rotatable bonds is 6. The van der Waals surface area contributed by atoms with Crippen LogP contribution in [-0.2, 0) is 0 Å². The highest BCUT2D eigenvalue weighted by molar-refractivity contribution is 6.08. The quantitative estimate of drug-likeness (QED) is 0.703. The molecule has 25 heavy (non-hydrogen) atoms. The van der Waals surface area contributed by atoms with Gasteiger partial charge in [-0.2, -0.15) is 0 Å². The van der Waals surface area contributed by atoms with E-state index in [4.69, 9.17) is 20.0 Å². The van der Waals surface area contributed by atoms with Crippen molar-refractivity contribution in [2.24, 2.45) is 0 Å². The number of allylic oxidation sites excluding steroid dienone is 1. The molecule has 1 heterocycles. The van der Waals surface area contributed by atoms with Crippen LogP contribution in [0.3, 0.4) is 0 Å². The Bertz CT molecular complexity index is 813. The number of carbonyl (C=O) groups is 1. The van der Waals surface area contributed by atoms with Crippen molar-refractivity contribution in [2.45, 2.75) is 0 Å². The molecule has 128 valence electrons. The number of carboxylic acids is 1. The van der Waals surface area contributed by atoms with E-state index in [1.165, 1.54) is 18.3 Å². The summed E-state index contributed by atoms with van der Waals surface area (Å²) in [6, 6.07) is 12.1. The lowest BCUT2D eigenvalue weighted by Gasteiger charge is -2.19. The van der Waals surface area contributed by atoms with Crippen molar-refractivity contribution in [3.05, 3.63) is 59.7 Å². The van der Waals surface area contributed by atoms with Gasteiger partial charge < -0.3 is 25.3 Å². The van der Waals surface area contributed by atoms with E-state index >= 15 is 0 Å². The van der Waals surface area contributed by atoms with Crippen LogP contribution in [0.2, 0.25) is 0 Å². The Labute approximate surface area is 145 Å². The van der Waals surface area contributed by atoms with E-state index in [-0.39, 0.29) is 5.56 Å². The molecule has 0 radical (unpaired) electrons. The first-order chi connectivity index (χ1) is 12.2. The molecule has 1 aliphatic rings. The largest absolute Gasteiger partial charge is 0.486 e. The summed E-state index contributed by atoms with van der Waals surface area (Å²) in [7, 11) is 0. The number of anilines is 1. The van der Waals surface area contributed by atoms with Gasteiger partial charge in [0, 0.05) is 24.5 Å². The third-order valence-electron chi connectivity index (χ3n) is 3.79. The molecule has 2 aromatic carbocycles. The smallest absolute Gasteiger partial charge is 0.335 e. The van der Waals surface area contributed by atoms with E-state index in [1.54, 1.807) is 12.1 Å². The van der Waals surface area contributed by atoms with E-state index < -0.39 is 5.97 Å². The van der Waals surface area contributed by atoms with Crippen LogP contribution in [0.1, 0.15) is 15.9 Å². The molecule has 0 aromatic heterocycles. The predicted molar refractivity (Wildman–Crippen MR) is 96.1 cm³/mol. The molecular formula is C19H18N2O4. The fourth-order valence-corrected chi connectivity index (χ4v) is 2.50. The van der Waals surface area contributed by atoms with Crippen LogP contribution in [0.5, 0.6) is 11.5 Å². The van der Waals surface area contributed by atoms with E-state index in [1.807, 2.05) is 24.3 Å². The summed E-state index contributed by atoms with van der Waals surface area (Å²) in [5.74, 6) is 0.495. The number of hydrogen-bond donors (Lipinski definition) is 3. The standard InChI is InChI=1S/C19H18N2O4/c20-12-15(13-1-3-14(4-2-13)19(22)23)7-8-21-16-5-6-17-18(11-16)25-10-9-24-17/h1-7,11-12,20-21H,8-10H2,(H,22,23)/b15-7+,20-12?. The van der Waals surface area contributed by atoms with Crippen molar-refractivity contribution in [1.29, 1.82) is 5.41 Å². The number of nitrogens with one attached hydrogen (secondary N) is 2. The Morgan fingerprint density at radius 2 is 1.76 bits per heavy atom. The number of hydrogen-bond acceptors (Lipinski definition) is 5. The molecule has 0 amide bonds. The van der Waals surface area contributed by atoms with Gasteiger partial charge in [-0.3, -0.25) is 0 Å². The summed E-state index contributed by atoms with van der Waals surface area (Å²) in [4.78, 5) is 10.9. The van der Waals surface area contributed by atoms with Gasteiger partial charge in [0.15, 0.2) is 11.5 Å². The number of benzene rings is 2. The lowest BCUT2D eigenvalue weighted by Crippen LogP contribution is -2.15. The Hall–Kier alpha value is -3.28. The zero-order valence-corrected chi connectivity index (χ0v) is 13.5. The van der Waals surface area contributed by atoms with Gasteiger partial charge in [-0.05, 0) is 35.4 Å². The van der Waals surface area contributed by atoms with Gasteiger partial charge >= 0.3 is 5.97 Å². The highest BCUT2D eigenvalue weighted by atomic mass is 16.6. The molecule has 0 bridgehead atoms. The first-order valence-electron chi connectivity index (χ1n) is 7.85. The summed E-state index contributed by atoms with van der Waals surface area (Å²) in [6.07, 6.45) is 3.13. The summed E-state index contributed by atoms with van der Waals surface area (Å²) >= 11 is 0. The second-order valence-corrected chi connectivity index (χ2v) is 5.43. The fourth-order valence-electron chi connectivity index (χ4n) is 2.50. The van der Waals surface area contributed by atoms with E-state index in [2.05, 4.69) is 5.32 Å². The predicted octanol–water partition coefficient (Wildman–Crippen LogP) is 3.30. The molecule has 2 aromatic rings. The molecular weight excluding hydrogens is 320 g/mol. The third kappa shape index (κ3) is 3.98. The average Bonchev–Trinajstić information content (AvgIpc) is 2.65. The van der Waals surface area contributed by atoms with Crippen LogP contribution >= 0.6 is 0 Å². The molecule has 3 rings (SSSR count). The first kappa shape index (κ1) is 16.6. The molecule has 3 N–H and O–H groups in total. The maximum atomic E-state index is 10.9. The topological polar surface area (TPSA) is 91.6 Å². The summed E-state index contributed by atoms with van der Waals surface area (Å²) in [5, 5.41) is 19.8. The average molecular weight is 338 g/mol. The maximum absolute atomic E-state index is 10.9. The number of ether oxygens (including phenoxy) is 2. The molecule has 0 spiro atoms. The Balaban J connectivity index is 1.67. The highest BCUT2D eigenvalue weighted by Crippen LogP contribution is 2.32. The van der Waals surface area contributed by atoms with E-state index in [9.17, 15) is 4.79 Å². The summed E-state index contributed by atoms with van der Waals surface area (Å²) < 4.78 is 11.0. The van der Waals surface area contributed by atoms with Gasteiger partial charge in [0.25, 0.3) is 0 Å². The highest BCUT2D eigenvalue weighted by Gasteiger charge is 2.11. The fraction of sp³-hybridized carbons (Fsp3) is 0.158. The Kier molecular flexibility index (Phi) is 4.99. The van der Waals surface area contributed by atoms with Crippen LogP contribution in [0.25, 0.3) is 5.57 Å². The van der Waals surface area contributed by atoms with Crippen molar-refractivity contribution in [3.63, 3.8) is 0 Å². The van der Waals surface area contributed by atoms with Crippen LogP contribution in [-0.4, -0.2) is 37.0 Å². The minimum atomic E-state index is -0.966. The molecule has 0 aliphatic carbocycles. The minimum absolute atomic E-state index is 0.225. The van der Waals surface area contributed by atoms with Crippen molar-refractivity contribution < 1.29 is 19.4 Å². The van der Waals surface area contributed by atoms with Crippen LogP contribution in [0.4, 0.5) is 5.69 Å². The molecule has 0 fully saturated rings. The van der Waals surface area contributed by atoms with Gasteiger partial charge in [0.05, 0.1) is 5.56 Å². The van der Waals surface area contributed by atoms with E-state index in [0.717, 1.165) is 22.7 Å². The molecule has 0 saturated carbocycles. The maximum Gasteiger partial charge on any atom is 0.335 e. The van der Waals surface area contributed by atoms with Crippen LogP contribution in [0, 0.1) is 5.41 Å². The molecule has 6 nitrogen and oxygen atoms in total. The number of fused-ring (bicyclic) bond motifs is 1. The second-order valence-electron chi connectivity index (χ2n) is 5.43. The van der Waals surface area contributed by atoms with E-state index in [0.29, 0.717) is 25.3 Å². The summed E-state index contributed by atoms with van der Waals surface area (Å²) in [5.41, 5.74) is 2.62. The van der Waals surface area contributed by atoms with Gasteiger partial charge in [-0.1, -0.05) is 18.2 Å². The van der Waals surface area contributed by atoms with Crippen molar-refractivity contribution in [1.82, 2.24) is 0 Å². The van der Waals surface area contributed by atoms with Crippen molar-refractivity contribution in [2.75, 3.05) is 25.1 Å². The van der Waals surface area contributed by atoms with Crippen LogP contribution < -0.4 is 14.8 Å². The van der Waals surface area contributed by atoms with Crippen LogP contribution in [0.15, 0.2) is 48.5 Å². The SMILES string of the molecule is N=C/C(=C\CNc1ccc2c(c1)OCCO2)c1ccc(C(=O)O)cc1. The molecule has 0 atom stereocenters. The van der Waals surface area contributed by atoms with Gasteiger partial charge in [-0.15, -0.1) is 0 Å². The second kappa shape index (κ2) is 7.53. The molecule has 6 heteroatoms.